The van der Waals surface area contributed by atoms with E-state index in [4.69, 9.17) is 6.42 Å². The van der Waals surface area contributed by atoms with Gasteiger partial charge >= 0.3 is 0 Å². The van der Waals surface area contributed by atoms with Crippen molar-refractivity contribution in [1.29, 1.82) is 0 Å². The summed E-state index contributed by atoms with van der Waals surface area (Å²) in [5, 5.41) is 0. The van der Waals surface area contributed by atoms with Crippen LogP contribution >= 0.6 is 0 Å². The highest BCUT2D eigenvalue weighted by Gasteiger charge is 2.38. The maximum absolute atomic E-state index is 5.59. The zero-order chi connectivity index (χ0) is 20.5. The van der Waals surface area contributed by atoms with Gasteiger partial charge in [0.15, 0.2) is 0 Å². The lowest BCUT2D eigenvalue weighted by molar-refractivity contribution is 0.142. The first kappa shape index (κ1) is 22.2. The Kier molecular flexibility index (Phi) is 8.47. The Morgan fingerprint density at radius 3 is 2.17 bits per heavy atom. The van der Waals surface area contributed by atoms with Gasteiger partial charge in [0.1, 0.15) is 0 Å². The summed E-state index contributed by atoms with van der Waals surface area (Å²) >= 11 is 0. The molecule has 1 aromatic rings. The molecule has 158 valence electrons. The van der Waals surface area contributed by atoms with Gasteiger partial charge in [0.25, 0.3) is 0 Å². The van der Waals surface area contributed by atoms with Crippen molar-refractivity contribution < 1.29 is 0 Å². The van der Waals surface area contributed by atoms with E-state index in [1.54, 1.807) is 0 Å². The minimum atomic E-state index is 0.159. The first-order valence-electron chi connectivity index (χ1n) is 12.4. The van der Waals surface area contributed by atoms with Crippen molar-refractivity contribution in [2.75, 3.05) is 0 Å². The summed E-state index contributed by atoms with van der Waals surface area (Å²) in [6, 6.07) is 9.35. The van der Waals surface area contributed by atoms with Crippen LogP contribution in [0.2, 0.25) is 0 Å². The number of hydrogen-bond acceptors (Lipinski definition) is 0. The van der Waals surface area contributed by atoms with Crippen LogP contribution in [-0.4, -0.2) is 0 Å². The lowest BCUT2D eigenvalue weighted by atomic mass is 9.62. The summed E-state index contributed by atoms with van der Waals surface area (Å²) in [4.78, 5) is 0. The number of benzene rings is 1. The van der Waals surface area contributed by atoms with Crippen molar-refractivity contribution in [3.8, 4) is 12.3 Å². The normalized spacial score (nSPS) is 30.3. The van der Waals surface area contributed by atoms with E-state index in [1.807, 2.05) is 6.08 Å². The predicted molar refractivity (Wildman–Crippen MR) is 127 cm³/mol. The second-order valence-corrected chi connectivity index (χ2v) is 9.82. The Balaban J connectivity index is 1.58. The van der Waals surface area contributed by atoms with Crippen molar-refractivity contribution in [2.24, 2.45) is 17.8 Å². The second kappa shape index (κ2) is 11.1. The molecule has 0 N–H and O–H groups in total. The monoisotopic (exact) mass is 390 g/mol. The third kappa shape index (κ3) is 5.78. The van der Waals surface area contributed by atoms with Gasteiger partial charge in [0.2, 0.25) is 0 Å². The molecule has 0 heterocycles. The van der Waals surface area contributed by atoms with Crippen molar-refractivity contribution in [3.05, 3.63) is 47.5 Å². The molecule has 0 aliphatic heterocycles. The average Bonchev–Trinajstić information content (AvgIpc) is 2.79. The van der Waals surface area contributed by atoms with Gasteiger partial charge in [-0.1, -0.05) is 88.6 Å². The highest BCUT2D eigenvalue weighted by Crippen LogP contribution is 2.48. The first-order valence-corrected chi connectivity index (χ1v) is 12.4. The van der Waals surface area contributed by atoms with Crippen LogP contribution in [0.4, 0.5) is 0 Å². The van der Waals surface area contributed by atoms with Crippen LogP contribution in [0.5, 0.6) is 0 Å². The molecule has 3 rings (SSSR count). The van der Waals surface area contributed by atoms with E-state index >= 15 is 0 Å². The number of rotatable bonds is 8. The van der Waals surface area contributed by atoms with Gasteiger partial charge in [-0.15, -0.1) is 6.42 Å². The Morgan fingerprint density at radius 2 is 1.59 bits per heavy atom. The Bertz CT molecular complexity index is 655. The lowest BCUT2D eigenvalue weighted by Gasteiger charge is -2.43. The van der Waals surface area contributed by atoms with Crippen molar-refractivity contribution in [1.82, 2.24) is 0 Å². The molecule has 0 spiro atoms. The molecule has 0 aromatic heterocycles. The summed E-state index contributed by atoms with van der Waals surface area (Å²) < 4.78 is 0. The van der Waals surface area contributed by atoms with Crippen LogP contribution in [0.3, 0.4) is 0 Å². The van der Waals surface area contributed by atoms with Gasteiger partial charge in [-0.05, 0) is 79.9 Å². The first-order chi connectivity index (χ1) is 14.2. The molecule has 0 atom stereocenters. The third-order valence-corrected chi connectivity index (χ3v) is 8.13. The zero-order valence-corrected chi connectivity index (χ0v) is 19.0. The molecule has 0 radical (unpaired) electrons. The molecule has 0 heteroatoms. The largest absolute Gasteiger partial charge is 0.115 e. The minimum absolute atomic E-state index is 0.159. The van der Waals surface area contributed by atoms with Gasteiger partial charge in [-0.25, -0.2) is 0 Å². The van der Waals surface area contributed by atoms with E-state index in [9.17, 15) is 0 Å². The van der Waals surface area contributed by atoms with E-state index in [0.717, 1.165) is 24.2 Å². The minimum Gasteiger partial charge on any atom is -0.115 e. The Hall–Kier alpha value is -1.48. The topological polar surface area (TPSA) is 0 Å². The molecule has 2 aliphatic rings. The second-order valence-electron chi connectivity index (χ2n) is 9.82. The molecule has 0 nitrogen and oxygen atoms in total. The predicted octanol–water partition coefficient (Wildman–Crippen LogP) is 8.25. The summed E-state index contributed by atoms with van der Waals surface area (Å²) in [6.07, 6.45) is 27.9. The van der Waals surface area contributed by atoms with Crippen LogP contribution < -0.4 is 0 Å². The fourth-order valence-electron chi connectivity index (χ4n) is 6.09. The fourth-order valence-corrected chi connectivity index (χ4v) is 6.09. The maximum atomic E-state index is 5.59. The summed E-state index contributed by atoms with van der Waals surface area (Å²) in [5.74, 6) is 5.70. The highest BCUT2D eigenvalue weighted by molar-refractivity contribution is 5.35. The van der Waals surface area contributed by atoms with Gasteiger partial charge in [0, 0.05) is 5.41 Å². The number of hydrogen-bond donors (Lipinski definition) is 0. The summed E-state index contributed by atoms with van der Waals surface area (Å²) in [7, 11) is 0. The van der Waals surface area contributed by atoms with Crippen LogP contribution in [0.15, 0.2) is 36.4 Å². The molecule has 2 aliphatic carbocycles. The van der Waals surface area contributed by atoms with Gasteiger partial charge < -0.3 is 0 Å². The maximum Gasteiger partial charge on any atom is 0.0141 e. The Labute approximate surface area is 180 Å². The lowest BCUT2D eigenvalue weighted by Crippen LogP contribution is -2.33. The molecular formula is C29H42. The molecule has 0 amide bonds. The van der Waals surface area contributed by atoms with E-state index in [2.05, 4.69) is 50.1 Å². The molecule has 0 bridgehead atoms. The number of allylic oxidation sites excluding steroid dienone is 2. The van der Waals surface area contributed by atoms with Crippen LogP contribution in [-0.2, 0) is 11.8 Å². The van der Waals surface area contributed by atoms with Crippen LogP contribution in [0.25, 0.3) is 0 Å². The van der Waals surface area contributed by atoms with Gasteiger partial charge in [-0.2, -0.15) is 0 Å². The SMILES string of the molecule is C#C/C=C/[C@]1(c2ccc(CC)cc2)CC[C@@H](C2CCC(CCCCC)CC2)CC1. The summed E-state index contributed by atoms with van der Waals surface area (Å²) in [5.41, 5.74) is 3.06. The van der Waals surface area contributed by atoms with E-state index in [1.165, 1.54) is 88.2 Å². The van der Waals surface area contributed by atoms with E-state index in [-0.39, 0.29) is 5.41 Å². The smallest absolute Gasteiger partial charge is 0.0141 e. The molecule has 2 fully saturated rings. The Morgan fingerprint density at radius 1 is 0.931 bits per heavy atom. The molecular weight excluding hydrogens is 348 g/mol. The van der Waals surface area contributed by atoms with Crippen LogP contribution in [0, 0.1) is 30.1 Å². The molecule has 29 heavy (non-hydrogen) atoms. The van der Waals surface area contributed by atoms with Gasteiger partial charge in [-0.3, -0.25) is 0 Å². The molecule has 0 saturated heterocycles. The van der Waals surface area contributed by atoms with E-state index < -0.39 is 0 Å². The van der Waals surface area contributed by atoms with Crippen LogP contribution in [0.1, 0.15) is 102 Å². The fraction of sp³-hybridized carbons (Fsp3) is 0.655. The zero-order valence-electron chi connectivity index (χ0n) is 19.0. The third-order valence-electron chi connectivity index (χ3n) is 8.13. The van der Waals surface area contributed by atoms with E-state index in [0.29, 0.717) is 0 Å². The summed E-state index contributed by atoms with van der Waals surface area (Å²) in [6.45, 7) is 4.55. The molecule has 2 saturated carbocycles. The number of aryl methyl sites for hydroxylation is 1. The number of terminal acetylenes is 1. The van der Waals surface area contributed by atoms with Crippen molar-refractivity contribution >= 4 is 0 Å². The van der Waals surface area contributed by atoms with Crippen molar-refractivity contribution in [2.45, 2.75) is 103 Å². The average molecular weight is 391 g/mol. The number of unbranched alkanes of at least 4 members (excludes halogenated alkanes) is 2. The quantitative estimate of drug-likeness (QED) is 0.309. The molecule has 0 unspecified atom stereocenters. The van der Waals surface area contributed by atoms with Gasteiger partial charge in [0.05, 0.1) is 0 Å². The highest BCUT2D eigenvalue weighted by atomic mass is 14.4. The van der Waals surface area contributed by atoms with Crippen molar-refractivity contribution in [3.63, 3.8) is 0 Å². The molecule has 1 aromatic carbocycles. The standard InChI is InChI=1S/C29H42/c1-4-7-9-10-25-11-15-26(16-12-25)27-19-22-29(23-20-27,21-8-5-2)28-17-13-24(6-3)14-18-28/h2,8,13-14,17-18,21,25-27H,4,6-7,9-12,15-16,19-20,22-23H2,1,3H3/b21-8+/t25?,26?,27-,29+.